The Hall–Kier alpha value is -2.92. The smallest absolute Gasteiger partial charge is 0.279 e. The zero-order valence-electron chi connectivity index (χ0n) is 17.6. The number of aromatic nitrogens is 2. The molecule has 2 aromatic carbocycles. The van der Waals surface area contributed by atoms with Gasteiger partial charge in [0, 0.05) is 51.4 Å². The Morgan fingerprint density at radius 1 is 0.900 bits per heavy atom. The zero-order chi connectivity index (χ0) is 20.5. The first-order valence-electron chi connectivity index (χ1n) is 10.9. The van der Waals surface area contributed by atoms with Crippen LogP contribution in [0.1, 0.15) is 34.4 Å². The fourth-order valence-corrected chi connectivity index (χ4v) is 4.67. The van der Waals surface area contributed by atoms with Crippen LogP contribution in [0, 0.1) is 6.92 Å². The van der Waals surface area contributed by atoms with Gasteiger partial charge in [-0.05, 0) is 24.5 Å². The van der Waals surface area contributed by atoms with Gasteiger partial charge >= 0.3 is 0 Å². The van der Waals surface area contributed by atoms with Crippen molar-refractivity contribution >= 4 is 5.95 Å². The summed E-state index contributed by atoms with van der Waals surface area (Å²) in [6, 6.07) is 19.1. The molecule has 0 saturated heterocycles. The van der Waals surface area contributed by atoms with Crippen LogP contribution in [0.4, 0.5) is 5.95 Å². The van der Waals surface area contributed by atoms with Crippen molar-refractivity contribution in [1.82, 2.24) is 14.5 Å². The molecule has 3 heterocycles. The Labute approximate surface area is 177 Å². The van der Waals surface area contributed by atoms with Crippen LogP contribution >= 0.6 is 0 Å². The fourth-order valence-electron chi connectivity index (χ4n) is 4.67. The Morgan fingerprint density at radius 2 is 1.67 bits per heavy atom. The number of hydrogen-bond acceptors (Lipinski definition) is 4. The molecular formula is C25H28N4O. The van der Waals surface area contributed by atoms with E-state index in [1.165, 1.54) is 22.4 Å². The van der Waals surface area contributed by atoms with Crippen molar-refractivity contribution in [2.24, 2.45) is 0 Å². The van der Waals surface area contributed by atoms with Crippen LogP contribution < -0.4 is 10.5 Å². The molecule has 0 saturated carbocycles. The normalized spacial score (nSPS) is 16.2. The molecule has 1 aromatic heterocycles. The van der Waals surface area contributed by atoms with Crippen molar-refractivity contribution in [1.29, 1.82) is 0 Å². The lowest BCUT2D eigenvalue weighted by Gasteiger charge is -2.36. The molecule has 0 atom stereocenters. The second-order valence-electron chi connectivity index (χ2n) is 8.50. The fraction of sp³-hybridized carbons (Fsp3) is 0.360. The van der Waals surface area contributed by atoms with Gasteiger partial charge in [-0.3, -0.25) is 9.69 Å². The van der Waals surface area contributed by atoms with Crippen molar-refractivity contribution in [2.45, 2.75) is 45.9 Å². The van der Waals surface area contributed by atoms with Crippen molar-refractivity contribution in [3.63, 3.8) is 0 Å². The van der Waals surface area contributed by atoms with Gasteiger partial charge < -0.3 is 9.47 Å². The number of rotatable bonds is 4. The van der Waals surface area contributed by atoms with Crippen LogP contribution in [0.3, 0.4) is 0 Å². The summed E-state index contributed by atoms with van der Waals surface area (Å²) in [7, 11) is 0. The molecule has 3 aromatic rings. The highest BCUT2D eigenvalue weighted by Gasteiger charge is 2.27. The second kappa shape index (κ2) is 8.07. The van der Waals surface area contributed by atoms with E-state index in [-0.39, 0.29) is 5.56 Å². The maximum atomic E-state index is 13.0. The van der Waals surface area contributed by atoms with Gasteiger partial charge in [-0.25, -0.2) is 0 Å². The number of hydrogen-bond donors (Lipinski definition) is 0. The monoisotopic (exact) mass is 400 g/mol. The lowest BCUT2D eigenvalue weighted by molar-refractivity contribution is 0.237. The Morgan fingerprint density at radius 3 is 2.47 bits per heavy atom. The van der Waals surface area contributed by atoms with Gasteiger partial charge in [-0.15, -0.1) is 0 Å². The van der Waals surface area contributed by atoms with E-state index in [4.69, 9.17) is 0 Å². The third kappa shape index (κ3) is 3.77. The molecule has 0 amide bonds. The van der Waals surface area contributed by atoms with Crippen molar-refractivity contribution in [3.05, 3.63) is 92.9 Å². The average Bonchev–Trinajstić information content (AvgIpc) is 2.77. The molecule has 5 nitrogen and oxygen atoms in total. The highest BCUT2D eigenvalue weighted by atomic mass is 16.1. The standard InChI is InChI=1S/C25H28N4O/c1-19-8-10-21(11-9-19)17-28-13-5-14-29-23-12-15-27(16-20-6-3-2-4-7-20)18-22(23)24(30)26-25(28)29/h2-4,6-11H,5,12-18H2,1H3. The van der Waals surface area contributed by atoms with Gasteiger partial charge in [-0.1, -0.05) is 60.2 Å². The Kier molecular flexibility index (Phi) is 5.13. The largest absolute Gasteiger partial charge is 0.338 e. The summed E-state index contributed by atoms with van der Waals surface area (Å²) in [6.45, 7) is 7.34. The molecule has 5 heteroatoms. The first kappa shape index (κ1) is 19.1. The molecule has 30 heavy (non-hydrogen) atoms. The molecule has 2 aliphatic heterocycles. The number of anilines is 1. The van der Waals surface area contributed by atoms with Crippen LogP contribution in [0.15, 0.2) is 59.4 Å². The average molecular weight is 401 g/mol. The number of aryl methyl sites for hydroxylation is 1. The van der Waals surface area contributed by atoms with Gasteiger partial charge in [0.1, 0.15) is 0 Å². The summed E-state index contributed by atoms with van der Waals surface area (Å²) >= 11 is 0. The highest BCUT2D eigenvalue weighted by Crippen LogP contribution is 2.26. The lowest BCUT2D eigenvalue weighted by Crippen LogP contribution is -2.42. The Bertz CT molecular complexity index is 1090. The summed E-state index contributed by atoms with van der Waals surface area (Å²) in [5, 5.41) is 0. The molecular weight excluding hydrogens is 372 g/mol. The van der Waals surface area contributed by atoms with E-state index in [0.29, 0.717) is 6.54 Å². The van der Waals surface area contributed by atoms with Crippen LogP contribution in [0.2, 0.25) is 0 Å². The molecule has 0 unspecified atom stereocenters. The predicted molar refractivity (Wildman–Crippen MR) is 120 cm³/mol. The van der Waals surface area contributed by atoms with Gasteiger partial charge in [0.25, 0.3) is 5.56 Å². The van der Waals surface area contributed by atoms with E-state index >= 15 is 0 Å². The van der Waals surface area contributed by atoms with E-state index < -0.39 is 0 Å². The van der Waals surface area contributed by atoms with Gasteiger partial charge in [0.2, 0.25) is 5.95 Å². The molecule has 0 fully saturated rings. The number of fused-ring (bicyclic) bond motifs is 3. The highest BCUT2D eigenvalue weighted by molar-refractivity contribution is 5.40. The van der Waals surface area contributed by atoms with E-state index in [1.54, 1.807) is 0 Å². The van der Waals surface area contributed by atoms with Crippen LogP contribution in [-0.2, 0) is 32.6 Å². The van der Waals surface area contributed by atoms with Crippen molar-refractivity contribution in [3.8, 4) is 0 Å². The van der Waals surface area contributed by atoms with Gasteiger partial charge in [-0.2, -0.15) is 4.98 Å². The van der Waals surface area contributed by atoms with E-state index in [9.17, 15) is 4.79 Å². The molecule has 0 aliphatic carbocycles. The topological polar surface area (TPSA) is 41.4 Å². The summed E-state index contributed by atoms with van der Waals surface area (Å²) in [5.41, 5.74) is 5.85. The molecule has 0 spiro atoms. The summed E-state index contributed by atoms with van der Waals surface area (Å²) in [5.74, 6) is 0.849. The van der Waals surface area contributed by atoms with E-state index in [1.807, 2.05) is 6.07 Å². The minimum atomic E-state index is -0.0511. The molecule has 0 N–H and O–H groups in total. The quantitative estimate of drug-likeness (QED) is 0.672. The molecule has 0 bridgehead atoms. The lowest BCUT2D eigenvalue weighted by atomic mass is 10.0. The van der Waals surface area contributed by atoms with Crippen LogP contribution in [0.5, 0.6) is 0 Å². The SMILES string of the molecule is Cc1ccc(CN2CCCn3c2nc(=O)c2c3CCN(Cc3ccccc3)C2)cc1. The van der Waals surface area contributed by atoms with Crippen LogP contribution in [-0.4, -0.2) is 27.5 Å². The third-order valence-corrected chi connectivity index (χ3v) is 6.26. The minimum absolute atomic E-state index is 0.0511. The Balaban J connectivity index is 1.41. The first-order chi connectivity index (χ1) is 14.7. The maximum Gasteiger partial charge on any atom is 0.279 e. The molecule has 5 rings (SSSR count). The third-order valence-electron chi connectivity index (χ3n) is 6.26. The molecule has 154 valence electrons. The van der Waals surface area contributed by atoms with Crippen molar-refractivity contribution < 1.29 is 0 Å². The summed E-state index contributed by atoms with van der Waals surface area (Å²) in [6.07, 6.45) is 1.99. The number of benzene rings is 2. The van der Waals surface area contributed by atoms with Gasteiger partial charge in [0.15, 0.2) is 0 Å². The molecule has 2 aliphatic rings. The zero-order valence-corrected chi connectivity index (χ0v) is 17.6. The molecule has 0 radical (unpaired) electrons. The number of nitrogens with zero attached hydrogens (tertiary/aromatic N) is 4. The minimum Gasteiger partial charge on any atom is -0.338 e. The van der Waals surface area contributed by atoms with E-state index in [2.05, 4.69) is 74.8 Å². The maximum absolute atomic E-state index is 13.0. The van der Waals surface area contributed by atoms with Crippen molar-refractivity contribution in [2.75, 3.05) is 18.0 Å². The summed E-state index contributed by atoms with van der Waals surface area (Å²) < 4.78 is 2.31. The predicted octanol–water partition coefficient (Wildman–Crippen LogP) is 3.52. The summed E-state index contributed by atoms with van der Waals surface area (Å²) in [4.78, 5) is 22.2. The first-order valence-corrected chi connectivity index (χ1v) is 10.9. The van der Waals surface area contributed by atoms with E-state index in [0.717, 1.165) is 57.1 Å². The van der Waals surface area contributed by atoms with Crippen LogP contribution in [0.25, 0.3) is 0 Å². The second-order valence-corrected chi connectivity index (χ2v) is 8.50. The van der Waals surface area contributed by atoms with Gasteiger partial charge in [0.05, 0.1) is 5.56 Å².